The molecule has 0 spiro atoms. The molecule has 0 aliphatic heterocycles. The minimum Gasteiger partial charge on any atom is -0.245 e. The molecule has 1 aromatic heterocycles. The lowest BCUT2D eigenvalue weighted by Gasteiger charge is -2.16. The van der Waals surface area contributed by atoms with Gasteiger partial charge in [0.05, 0.1) is 5.69 Å². The summed E-state index contributed by atoms with van der Waals surface area (Å²) < 4.78 is 0. The van der Waals surface area contributed by atoms with Gasteiger partial charge in [0.25, 0.3) is 0 Å². The molecule has 0 unspecified atom stereocenters. The molecule has 0 saturated heterocycles. The molecule has 0 N–H and O–H groups in total. The van der Waals surface area contributed by atoms with Crippen LogP contribution in [-0.4, -0.2) is 9.97 Å². The van der Waals surface area contributed by atoms with Gasteiger partial charge < -0.3 is 0 Å². The van der Waals surface area contributed by atoms with Crippen LogP contribution in [0.3, 0.4) is 0 Å². The third-order valence-electron chi connectivity index (χ3n) is 2.45. The van der Waals surface area contributed by atoms with E-state index in [1.54, 1.807) is 6.33 Å². The molecule has 58 valence electrons. The van der Waals surface area contributed by atoms with Crippen molar-refractivity contribution >= 4 is 0 Å². The molecule has 11 heavy (non-hydrogen) atoms. The van der Waals surface area contributed by atoms with E-state index >= 15 is 0 Å². The monoisotopic (exact) mass is 148 g/mol. The summed E-state index contributed by atoms with van der Waals surface area (Å²) in [6, 6.07) is 0. The summed E-state index contributed by atoms with van der Waals surface area (Å²) in [5.41, 5.74) is 2.85. The number of hydrogen-bond donors (Lipinski definition) is 0. The number of nitrogens with zero attached hydrogens (tertiary/aromatic N) is 2. The maximum absolute atomic E-state index is 4.30. The molecule has 0 bridgehead atoms. The standard InChI is InChI=1S/C9H12N2/c1-9(2)4-3-7-5-10-6-11-8(7)9/h5-6H,3-4H2,1-2H3. The van der Waals surface area contributed by atoms with Crippen molar-refractivity contribution in [1.82, 2.24) is 9.97 Å². The normalized spacial score (nSPS) is 19.8. The van der Waals surface area contributed by atoms with E-state index in [1.165, 1.54) is 17.7 Å². The van der Waals surface area contributed by atoms with Crippen molar-refractivity contribution in [3.63, 3.8) is 0 Å². The highest BCUT2D eigenvalue weighted by molar-refractivity contribution is 5.29. The van der Waals surface area contributed by atoms with E-state index in [9.17, 15) is 0 Å². The number of rotatable bonds is 0. The molecule has 2 nitrogen and oxygen atoms in total. The van der Waals surface area contributed by atoms with E-state index in [0.717, 1.165) is 6.42 Å². The minimum absolute atomic E-state index is 0.276. The molecule has 0 amide bonds. The number of hydrogen-bond acceptors (Lipinski definition) is 2. The largest absolute Gasteiger partial charge is 0.245 e. The second-order valence-corrected chi connectivity index (χ2v) is 3.78. The smallest absolute Gasteiger partial charge is 0.115 e. The van der Waals surface area contributed by atoms with Crippen LogP contribution in [-0.2, 0) is 11.8 Å². The SMILES string of the molecule is CC1(C)CCc2cncnc21. The summed E-state index contributed by atoms with van der Waals surface area (Å²) in [6.45, 7) is 4.48. The molecule has 1 aliphatic carbocycles. The zero-order chi connectivity index (χ0) is 7.90. The molecule has 1 aliphatic rings. The summed E-state index contributed by atoms with van der Waals surface area (Å²) in [4.78, 5) is 8.31. The first-order valence-electron chi connectivity index (χ1n) is 3.99. The number of fused-ring (bicyclic) bond motifs is 1. The maximum atomic E-state index is 4.30. The van der Waals surface area contributed by atoms with E-state index in [-0.39, 0.29) is 5.41 Å². The Hall–Kier alpha value is -0.920. The van der Waals surface area contributed by atoms with E-state index in [1.807, 2.05) is 6.20 Å². The minimum atomic E-state index is 0.276. The van der Waals surface area contributed by atoms with Gasteiger partial charge in [-0.2, -0.15) is 0 Å². The Kier molecular flexibility index (Phi) is 1.25. The Balaban J connectivity index is 2.56. The van der Waals surface area contributed by atoms with Crippen molar-refractivity contribution in [1.29, 1.82) is 0 Å². The molecule has 0 aromatic carbocycles. The Bertz CT molecular complexity index is 279. The van der Waals surface area contributed by atoms with Crippen LogP contribution in [0.4, 0.5) is 0 Å². The molecule has 2 heteroatoms. The van der Waals surface area contributed by atoms with E-state index in [4.69, 9.17) is 0 Å². The Morgan fingerprint density at radius 3 is 3.00 bits per heavy atom. The lowest BCUT2D eigenvalue weighted by Crippen LogP contribution is -2.13. The van der Waals surface area contributed by atoms with Crippen LogP contribution < -0.4 is 0 Å². The zero-order valence-electron chi connectivity index (χ0n) is 6.96. The molecule has 1 aromatic rings. The Labute approximate surface area is 66.7 Å². The first-order valence-corrected chi connectivity index (χ1v) is 3.99. The van der Waals surface area contributed by atoms with Crippen molar-refractivity contribution in [3.05, 3.63) is 23.8 Å². The fourth-order valence-corrected chi connectivity index (χ4v) is 1.72. The second-order valence-electron chi connectivity index (χ2n) is 3.78. The predicted octanol–water partition coefficient (Wildman–Crippen LogP) is 1.70. The van der Waals surface area contributed by atoms with Crippen LogP contribution >= 0.6 is 0 Å². The lowest BCUT2D eigenvalue weighted by atomic mass is 9.91. The Morgan fingerprint density at radius 1 is 1.45 bits per heavy atom. The van der Waals surface area contributed by atoms with Gasteiger partial charge in [0.15, 0.2) is 0 Å². The van der Waals surface area contributed by atoms with Crippen LogP contribution in [0.15, 0.2) is 12.5 Å². The molecule has 0 atom stereocenters. The molecule has 0 radical (unpaired) electrons. The van der Waals surface area contributed by atoms with Crippen LogP contribution in [0, 0.1) is 0 Å². The highest BCUT2D eigenvalue weighted by Crippen LogP contribution is 2.35. The van der Waals surface area contributed by atoms with Gasteiger partial charge in [-0.15, -0.1) is 0 Å². The average Bonchev–Trinajstić information content (AvgIpc) is 2.29. The van der Waals surface area contributed by atoms with Crippen molar-refractivity contribution in [2.45, 2.75) is 32.1 Å². The van der Waals surface area contributed by atoms with Crippen molar-refractivity contribution in [2.75, 3.05) is 0 Å². The fraction of sp³-hybridized carbons (Fsp3) is 0.556. The van der Waals surface area contributed by atoms with Gasteiger partial charge in [0.2, 0.25) is 0 Å². The first kappa shape index (κ1) is 6.77. The van der Waals surface area contributed by atoms with Gasteiger partial charge in [-0.3, -0.25) is 0 Å². The molecule has 1 heterocycles. The third kappa shape index (κ3) is 0.934. The molecule has 2 rings (SSSR count). The first-order chi connectivity index (χ1) is 5.20. The van der Waals surface area contributed by atoms with E-state index in [2.05, 4.69) is 23.8 Å². The highest BCUT2D eigenvalue weighted by atomic mass is 14.8. The molecular formula is C9H12N2. The quantitative estimate of drug-likeness (QED) is 0.559. The van der Waals surface area contributed by atoms with Crippen LogP contribution in [0.25, 0.3) is 0 Å². The van der Waals surface area contributed by atoms with Crippen molar-refractivity contribution < 1.29 is 0 Å². The third-order valence-corrected chi connectivity index (χ3v) is 2.45. The fourth-order valence-electron chi connectivity index (χ4n) is 1.72. The molecule has 0 fully saturated rings. The summed E-state index contributed by atoms with van der Waals surface area (Å²) in [5.74, 6) is 0. The number of aryl methyl sites for hydroxylation is 1. The highest BCUT2D eigenvalue weighted by Gasteiger charge is 2.30. The molecule has 0 saturated carbocycles. The van der Waals surface area contributed by atoms with Gasteiger partial charge in [0, 0.05) is 11.6 Å². The predicted molar refractivity (Wildman–Crippen MR) is 43.4 cm³/mol. The topological polar surface area (TPSA) is 25.8 Å². The van der Waals surface area contributed by atoms with E-state index < -0.39 is 0 Å². The summed E-state index contributed by atoms with van der Waals surface area (Å²) in [5, 5.41) is 0. The molecular weight excluding hydrogens is 136 g/mol. The van der Waals surface area contributed by atoms with Gasteiger partial charge in [-0.25, -0.2) is 9.97 Å². The maximum Gasteiger partial charge on any atom is 0.115 e. The zero-order valence-corrected chi connectivity index (χ0v) is 6.96. The van der Waals surface area contributed by atoms with Gasteiger partial charge in [0.1, 0.15) is 6.33 Å². The van der Waals surface area contributed by atoms with E-state index in [0.29, 0.717) is 0 Å². The van der Waals surface area contributed by atoms with Gasteiger partial charge in [-0.05, 0) is 18.4 Å². The van der Waals surface area contributed by atoms with Crippen molar-refractivity contribution in [2.24, 2.45) is 0 Å². The lowest BCUT2D eigenvalue weighted by molar-refractivity contribution is 0.509. The summed E-state index contributed by atoms with van der Waals surface area (Å²) >= 11 is 0. The van der Waals surface area contributed by atoms with Crippen LogP contribution in [0.2, 0.25) is 0 Å². The number of aromatic nitrogens is 2. The van der Waals surface area contributed by atoms with Crippen molar-refractivity contribution in [3.8, 4) is 0 Å². The van der Waals surface area contributed by atoms with Crippen LogP contribution in [0.5, 0.6) is 0 Å². The van der Waals surface area contributed by atoms with Crippen LogP contribution in [0.1, 0.15) is 31.5 Å². The average molecular weight is 148 g/mol. The summed E-state index contributed by atoms with van der Waals surface area (Å²) in [7, 11) is 0. The van der Waals surface area contributed by atoms with Gasteiger partial charge in [-0.1, -0.05) is 13.8 Å². The van der Waals surface area contributed by atoms with Gasteiger partial charge >= 0.3 is 0 Å². The Morgan fingerprint density at radius 2 is 2.27 bits per heavy atom. The second kappa shape index (κ2) is 2.03. The summed E-state index contributed by atoms with van der Waals surface area (Å²) in [6.07, 6.45) is 5.94.